The molecule has 4 aliphatic rings. The minimum Gasteiger partial charge on any atom is -0.393 e. The van der Waals surface area contributed by atoms with Crippen LogP contribution in [-0.2, 0) is 0 Å². The van der Waals surface area contributed by atoms with Crippen molar-refractivity contribution in [3.05, 3.63) is 23.8 Å². The van der Waals surface area contributed by atoms with Gasteiger partial charge in [0.15, 0.2) is 0 Å². The van der Waals surface area contributed by atoms with Gasteiger partial charge in [-0.15, -0.1) is 0 Å². The summed E-state index contributed by atoms with van der Waals surface area (Å²) in [6, 6.07) is 0. The first kappa shape index (κ1) is 25.4. The molecular weight excluding hydrogens is 412 g/mol. The maximum absolute atomic E-state index is 12.2. The van der Waals surface area contributed by atoms with Crippen molar-refractivity contribution in [2.45, 2.75) is 116 Å². The lowest BCUT2D eigenvalue weighted by Gasteiger charge is -2.65. The first-order chi connectivity index (χ1) is 15.3. The van der Waals surface area contributed by atoms with Gasteiger partial charge in [0.05, 0.1) is 11.7 Å². The molecule has 33 heavy (non-hydrogen) atoms. The van der Waals surface area contributed by atoms with Gasteiger partial charge >= 0.3 is 0 Å². The molecule has 4 unspecified atom stereocenters. The highest BCUT2D eigenvalue weighted by Gasteiger charge is 2.70. The number of fused-ring (bicyclic) bond motifs is 5. The summed E-state index contributed by atoms with van der Waals surface area (Å²) in [6.07, 6.45) is 11.0. The van der Waals surface area contributed by atoms with E-state index in [9.17, 15) is 20.4 Å². The van der Waals surface area contributed by atoms with Crippen molar-refractivity contribution in [2.75, 3.05) is 0 Å². The summed E-state index contributed by atoms with van der Waals surface area (Å²) in [4.78, 5) is 0. The van der Waals surface area contributed by atoms with Crippen LogP contribution in [0.4, 0.5) is 0 Å². The van der Waals surface area contributed by atoms with E-state index >= 15 is 0 Å². The molecule has 4 rings (SSSR count). The summed E-state index contributed by atoms with van der Waals surface area (Å²) < 4.78 is 0. The van der Waals surface area contributed by atoms with Gasteiger partial charge < -0.3 is 20.4 Å². The van der Waals surface area contributed by atoms with E-state index in [0.717, 1.165) is 24.8 Å². The fraction of sp³-hybridized carbons (Fsp3) is 0.862. The summed E-state index contributed by atoms with van der Waals surface area (Å²) in [5.74, 6) is 2.52. The second kappa shape index (κ2) is 8.47. The molecule has 4 heteroatoms. The van der Waals surface area contributed by atoms with Gasteiger partial charge in [-0.3, -0.25) is 0 Å². The van der Waals surface area contributed by atoms with Gasteiger partial charge in [-0.1, -0.05) is 66.2 Å². The van der Waals surface area contributed by atoms with E-state index in [4.69, 9.17) is 0 Å². The maximum atomic E-state index is 12.2. The standard InChI is InChI=1S/C29H48O4/c1-7-18(2)19(3)8-9-20(4)22-10-11-23-24-16-25(31)29(33)17-21(30)12-13-27(29,6)28(24,32)15-14-26(22,23)5/h8-9,16,18-23,25,30-33H,7,10-15,17H2,1-6H3/t18?,19-,20+,21?,22+,23-,25?,26+,27+,28+,29?/m0/s1. The largest absolute Gasteiger partial charge is 0.393 e. The summed E-state index contributed by atoms with van der Waals surface area (Å²) in [5.41, 5.74) is -2.40. The summed E-state index contributed by atoms with van der Waals surface area (Å²) >= 11 is 0. The number of hydrogen-bond donors (Lipinski definition) is 4. The minimum absolute atomic E-state index is 0.0845. The molecule has 0 radical (unpaired) electrons. The number of hydrogen-bond acceptors (Lipinski definition) is 4. The van der Waals surface area contributed by atoms with Gasteiger partial charge in [0, 0.05) is 11.8 Å². The molecule has 0 aromatic heterocycles. The van der Waals surface area contributed by atoms with Crippen molar-refractivity contribution in [2.24, 2.45) is 40.4 Å². The maximum Gasteiger partial charge on any atom is 0.105 e. The van der Waals surface area contributed by atoms with Crippen LogP contribution in [0.5, 0.6) is 0 Å². The van der Waals surface area contributed by atoms with Gasteiger partial charge in [0.1, 0.15) is 11.7 Å². The second-order valence-electron chi connectivity index (χ2n) is 12.8. The predicted molar refractivity (Wildman–Crippen MR) is 132 cm³/mol. The molecule has 188 valence electrons. The third-order valence-electron chi connectivity index (χ3n) is 11.4. The van der Waals surface area contributed by atoms with Crippen LogP contribution in [0, 0.1) is 40.4 Å². The third-order valence-corrected chi connectivity index (χ3v) is 11.4. The van der Waals surface area contributed by atoms with Crippen molar-refractivity contribution in [3.63, 3.8) is 0 Å². The van der Waals surface area contributed by atoms with Crippen LogP contribution < -0.4 is 0 Å². The van der Waals surface area contributed by atoms with Crippen LogP contribution in [0.15, 0.2) is 23.8 Å². The zero-order valence-electron chi connectivity index (χ0n) is 21.7. The molecule has 0 bridgehead atoms. The molecule has 4 aliphatic carbocycles. The topological polar surface area (TPSA) is 80.9 Å². The van der Waals surface area contributed by atoms with E-state index in [1.165, 1.54) is 6.42 Å². The van der Waals surface area contributed by atoms with E-state index in [2.05, 4.69) is 46.8 Å². The van der Waals surface area contributed by atoms with Crippen molar-refractivity contribution in [1.29, 1.82) is 0 Å². The van der Waals surface area contributed by atoms with Crippen LogP contribution in [0.1, 0.15) is 92.9 Å². The van der Waals surface area contributed by atoms with Crippen LogP contribution in [0.25, 0.3) is 0 Å². The fourth-order valence-electron chi connectivity index (χ4n) is 8.45. The van der Waals surface area contributed by atoms with Gasteiger partial charge in [-0.05, 0) is 79.1 Å². The first-order valence-electron chi connectivity index (χ1n) is 13.6. The van der Waals surface area contributed by atoms with E-state index in [1.54, 1.807) is 6.08 Å². The number of allylic oxidation sites excluding steroid dienone is 2. The molecule has 0 heterocycles. The Hall–Kier alpha value is -0.680. The average Bonchev–Trinajstić information content (AvgIpc) is 3.12. The molecule has 4 nitrogen and oxygen atoms in total. The zero-order chi connectivity index (χ0) is 24.4. The van der Waals surface area contributed by atoms with Crippen molar-refractivity contribution in [1.82, 2.24) is 0 Å². The number of rotatable bonds is 5. The van der Waals surface area contributed by atoms with E-state index in [0.29, 0.717) is 42.9 Å². The van der Waals surface area contributed by atoms with E-state index in [1.807, 2.05) is 6.92 Å². The molecule has 0 amide bonds. The quantitative estimate of drug-likeness (QED) is 0.435. The molecule has 0 spiro atoms. The van der Waals surface area contributed by atoms with E-state index < -0.39 is 28.8 Å². The summed E-state index contributed by atoms with van der Waals surface area (Å²) in [5, 5.41) is 45.2. The first-order valence-corrected chi connectivity index (χ1v) is 13.6. The van der Waals surface area contributed by atoms with Crippen LogP contribution in [-0.4, -0.2) is 43.8 Å². The Bertz CT molecular complexity index is 805. The Morgan fingerprint density at radius 3 is 2.36 bits per heavy atom. The molecule has 0 aromatic rings. The number of aliphatic hydroxyl groups excluding tert-OH is 2. The molecule has 0 saturated heterocycles. The van der Waals surface area contributed by atoms with Crippen molar-refractivity contribution in [3.8, 4) is 0 Å². The SMILES string of the molecule is CCC(C)[C@@H](C)C=C[C@@H](C)[C@H]1CC[C@H]2C3=CC(O)C4(O)CC(O)CC[C@]4(C)[C@@]3(O)CC[C@]12C. The van der Waals surface area contributed by atoms with Gasteiger partial charge in [0.2, 0.25) is 0 Å². The monoisotopic (exact) mass is 460 g/mol. The Balaban J connectivity index is 1.64. The Labute approximate surface area is 201 Å². The highest BCUT2D eigenvalue weighted by Crippen LogP contribution is 2.69. The van der Waals surface area contributed by atoms with E-state index in [-0.39, 0.29) is 17.8 Å². The smallest absolute Gasteiger partial charge is 0.105 e. The molecule has 4 N–H and O–H groups in total. The minimum atomic E-state index is -1.49. The van der Waals surface area contributed by atoms with Gasteiger partial charge in [-0.2, -0.15) is 0 Å². The Morgan fingerprint density at radius 2 is 1.70 bits per heavy atom. The molecule has 11 atom stereocenters. The lowest BCUT2D eigenvalue weighted by Crippen LogP contribution is -2.72. The van der Waals surface area contributed by atoms with Crippen LogP contribution in [0.2, 0.25) is 0 Å². The van der Waals surface area contributed by atoms with Crippen LogP contribution >= 0.6 is 0 Å². The summed E-state index contributed by atoms with van der Waals surface area (Å²) in [7, 11) is 0. The highest BCUT2D eigenvalue weighted by molar-refractivity contribution is 5.40. The normalized spacial score (nSPS) is 50.2. The van der Waals surface area contributed by atoms with Crippen molar-refractivity contribution >= 4 is 0 Å². The fourth-order valence-corrected chi connectivity index (χ4v) is 8.45. The van der Waals surface area contributed by atoms with Crippen molar-refractivity contribution < 1.29 is 20.4 Å². The lowest BCUT2D eigenvalue weighted by atomic mass is 9.43. The molecule has 0 aromatic carbocycles. The summed E-state index contributed by atoms with van der Waals surface area (Å²) in [6.45, 7) is 13.6. The average molecular weight is 461 g/mol. The Kier molecular flexibility index (Phi) is 6.52. The lowest BCUT2D eigenvalue weighted by molar-refractivity contribution is -0.258. The Morgan fingerprint density at radius 1 is 1.00 bits per heavy atom. The number of aliphatic hydroxyl groups is 4. The molecule has 3 fully saturated rings. The van der Waals surface area contributed by atoms with Crippen LogP contribution in [0.3, 0.4) is 0 Å². The predicted octanol–water partition coefficient (Wildman–Crippen LogP) is 5.00. The second-order valence-corrected chi connectivity index (χ2v) is 12.8. The molecular formula is C29H48O4. The third kappa shape index (κ3) is 3.53. The highest BCUT2D eigenvalue weighted by atomic mass is 16.4. The van der Waals surface area contributed by atoms with Gasteiger partial charge in [0.25, 0.3) is 0 Å². The zero-order valence-corrected chi connectivity index (χ0v) is 21.7. The molecule has 0 aliphatic heterocycles. The molecule has 3 saturated carbocycles. The van der Waals surface area contributed by atoms with Gasteiger partial charge in [-0.25, -0.2) is 0 Å².